The van der Waals surface area contributed by atoms with Crippen molar-refractivity contribution in [1.29, 1.82) is 0 Å². The van der Waals surface area contributed by atoms with Crippen molar-refractivity contribution in [3.05, 3.63) is 18.1 Å². The Kier molecular flexibility index (Phi) is 4.28. The molecule has 2 rings (SSSR count). The van der Waals surface area contributed by atoms with E-state index in [1.165, 1.54) is 25.2 Å². The van der Waals surface area contributed by atoms with Crippen LogP contribution >= 0.6 is 0 Å². The first kappa shape index (κ1) is 13.7. The molecule has 0 radical (unpaired) electrons. The van der Waals surface area contributed by atoms with E-state index in [1.54, 1.807) is 0 Å². The van der Waals surface area contributed by atoms with Crippen LogP contribution in [0.1, 0.15) is 30.3 Å². The number of rotatable bonds is 6. The van der Waals surface area contributed by atoms with Crippen LogP contribution in [0.3, 0.4) is 0 Å². The summed E-state index contributed by atoms with van der Waals surface area (Å²) >= 11 is 0. The molecular weight excluding hydrogens is 244 g/mol. The van der Waals surface area contributed by atoms with Gasteiger partial charge in [0.25, 0.3) is 5.91 Å². The van der Waals surface area contributed by atoms with Crippen LogP contribution < -0.4 is 16.6 Å². The molecule has 0 saturated heterocycles. The predicted octanol–water partition coefficient (Wildman–Crippen LogP) is -0.0253. The second-order valence-electron chi connectivity index (χ2n) is 4.89. The van der Waals surface area contributed by atoms with Gasteiger partial charge in [-0.15, -0.1) is 0 Å². The Morgan fingerprint density at radius 3 is 2.79 bits per heavy atom. The smallest absolute Gasteiger partial charge is 0.271 e. The van der Waals surface area contributed by atoms with Gasteiger partial charge in [-0.25, -0.2) is 15.8 Å². The van der Waals surface area contributed by atoms with E-state index in [2.05, 4.69) is 39.6 Å². The Bertz CT molecular complexity index is 430. The maximum absolute atomic E-state index is 11.9. The van der Waals surface area contributed by atoms with Gasteiger partial charge in [-0.1, -0.05) is 0 Å². The van der Waals surface area contributed by atoms with Gasteiger partial charge < -0.3 is 10.7 Å². The molecule has 1 aliphatic carbocycles. The summed E-state index contributed by atoms with van der Waals surface area (Å²) in [5.41, 5.74) is 2.66. The Hall–Kier alpha value is -1.73. The van der Waals surface area contributed by atoms with E-state index < -0.39 is 0 Å². The number of likely N-dealkylation sites (N-methyl/N-ethyl adjacent to an activating group) is 1. The van der Waals surface area contributed by atoms with Crippen molar-refractivity contribution >= 4 is 11.7 Å². The molecule has 1 aromatic rings. The Balaban J connectivity index is 1.82. The van der Waals surface area contributed by atoms with Gasteiger partial charge in [-0.2, -0.15) is 0 Å². The van der Waals surface area contributed by atoms with E-state index in [0.717, 1.165) is 0 Å². The van der Waals surface area contributed by atoms with Gasteiger partial charge in [0.05, 0.1) is 12.4 Å². The molecule has 1 unspecified atom stereocenters. The molecule has 1 atom stereocenters. The summed E-state index contributed by atoms with van der Waals surface area (Å²) in [7, 11) is 2.09. The number of hydrogen-bond donors (Lipinski definition) is 3. The highest BCUT2D eigenvalue weighted by Gasteiger charge is 2.29. The number of nitrogens with zero attached hydrogens (tertiary/aromatic N) is 3. The van der Waals surface area contributed by atoms with Gasteiger partial charge >= 0.3 is 0 Å². The first-order valence-corrected chi connectivity index (χ1v) is 6.40. The SMILES string of the molecule is CC(CNC(=O)c1cnc(NN)cn1)N(C)C1CC1. The number of anilines is 1. The molecule has 1 fully saturated rings. The van der Waals surface area contributed by atoms with Crippen LogP contribution in [-0.4, -0.2) is 46.5 Å². The second kappa shape index (κ2) is 5.94. The summed E-state index contributed by atoms with van der Waals surface area (Å²) in [5.74, 6) is 5.40. The van der Waals surface area contributed by atoms with E-state index in [1.807, 2.05) is 0 Å². The summed E-state index contributed by atoms with van der Waals surface area (Å²) < 4.78 is 0. The van der Waals surface area contributed by atoms with E-state index in [-0.39, 0.29) is 5.91 Å². The number of aromatic nitrogens is 2. The quantitative estimate of drug-likeness (QED) is 0.493. The van der Waals surface area contributed by atoms with Crippen molar-refractivity contribution in [3.63, 3.8) is 0 Å². The Morgan fingerprint density at radius 1 is 1.53 bits per heavy atom. The third-order valence-electron chi connectivity index (χ3n) is 3.41. The summed E-state index contributed by atoms with van der Waals surface area (Å²) in [5, 5.41) is 2.86. The van der Waals surface area contributed by atoms with Gasteiger partial charge in [0.2, 0.25) is 0 Å². The zero-order valence-electron chi connectivity index (χ0n) is 11.3. The third kappa shape index (κ3) is 3.62. The van der Waals surface area contributed by atoms with Crippen LogP contribution in [0.2, 0.25) is 0 Å². The van der Waals surface area contributed by atoms with E-state index >= 15 is 0 Å². The molecule has 0 bridgehead atoms. The highest BCUT2D eigenvalue weighted by molar-refractivity contribution is 5.92. The average molecular weight is 264 g/mol. The monoisotopic (exact) mass is 264 g/mol. The van der Waals surface area contributed by atoms with Crippen molar-refractivity contribution in [1.82, 2.24) is 20.2 Å². The first-order chi connectivity index (χ1) is 9.11. The number of carbonyl (C=O) groups is 1. The summed E-state index contributed by atoms with van der Waals surface area (Å²) in [6, 6.07) is 0.996. The van der Waals surface area contributed by atoms with Gasteiger partial charge in [-0.05, 0) is 26.8 Å². The molecular formula is C12H20N6O. The van der Waals surface area contributed by atoms with Crippen LogP contribution in [0.4, 0.5) is 5.82 Å². The van der Waals surface area contributed by atoms with Crippen molar-refractivity contribution < 1.29 is 4.79 Å². The predicted molar refractivity (Wildman–Crippen MR) is 72.4 cm³/mol. The molecule has 0 aliphatic heterocycles. The number of hydrogen-bond acceptors (Lipinski definition) is 6. The number of amides is 1. The maximum atomic E-state index is 11.9. The summed E-state index contributed by atoms with van der Waals surface area (Å²) in [6.07, 6.45) is 5.34. The van der Waals surface area contributed by atoms with Crippen LogP contribution in [0.25, 0.3) is 0 Å². The Morgan fingerprint density at radius 2 is 2.26 bits per heavy atom. The lowest BCUT2D eigenvalue weighted by atomic mass is 10.3. The number of nitrogens with two attached hydrogens (primary N) is 1. The number of nitrogens with one attached hydrogen (secondary N) is 2. The van der Waals surface area contributed by atoms with E-state index in [9.17, 15) is 4.79 Å². The molecule has 7 nitrogen and oxygen atoms in total. The summed E-state index contributed by atoms with van der Waals surface area (Å²) in [6.45, 7) is 2.70. The van der Waals surface area contributed by atoms with Crippen LogP contribution in [0, 0.1) is 0 Å². The average Bonchev–Trinajstić information content (AvgIpc) is 3.28. The largest absolute Gasteiger partial charge is 0.349 e. The lowest BCUT2D eigenvalue weighted by Gasteiger charge is -2.24. The van der Waals surface area contributed by atoms with Gasteiger partial charge in [0, 0.05) is 18.6 Å². The van der Waals surface area contributed by atoms with Crippen molar-refractivity contribution in [3.8, 4) is 0 Å². The number of nitrogen functional groups attached to an aromatic ring is 1. The fourth-order valence-electron chi connectivity index (χ4n) is 1.84. The molecule has 19 heavy (non-hydrogen) atoms. The normalized spacial score (nSPS) is 16.2. The second-order valence-corrected chi connectivity index (χ2v) is 4.89. The van der Waals surface area contributed by atoms with Crippen LogP contribution in [0.5, 0.6) is 0 Å². The number of carbonyl (C=O) groups excluding carboxylic acids is 1. The van der Waals surface area contributed by atoms with Gasteiger partial charge in [-0.3, -0.25) is 9.69 Å². The molecule has 104 valence electrons. The molecule has 1 aromatic heterocycles. The third-order valence-corrected chi connectivity index (χ3v) is 3.41. The fraction of sp³-hybridized carbons (Fsp3) is 0.583. The minimum absolute atomic E-state index is 0.216. The van der Waals surface area contributed by atoms with Crippen molar-refractivity contribution in [2.45, 2.75) is 31.8 Å². The van der Waals surface area contributed by atoms with Crippen LogP contribution in [0.15, 0.2) is 12.4 Å². The Labute approximate surface area is 112 Å². The summed E-state index contributed by atoms with van der Waals surface area (Å²) in [4.78, 5) is 22.1. The van der Waals surface area contributed by atoms with Gasteiger partial charge in [0.1, 0.15) is 5.69 Å². The standard InChI is InChI=1S/C12H20N6O/c1-8(18(2)9-3-4-9)5-16-12(19)10-6-15-11(17-13)7-14-10/h6-9H,3-5,13H2,1-2H3,(H,15,17)(H,16,19). The highest BCUT2D eigenvalue weighted by Crippen LogP contribution is 2.26. The topological polar surface area (TPSA) is 96.2 Å². The molecule has 1 saturated carbocycles. The highest BCUT2D eigenvalue weighted by atomic mass is 16.1. The molecule has 0 aromatic carbocycles. The zero-order chi connectivity index (χ0) is 13.8. The van der Waals surface area contributed by atoms with Gasteiger partial charge in [0.15, 0.2) is 5.82 Å². The van der Waals surface area contributed by atoms with Crippen molar-refractivity contribution in [2.24, 2.45) is 5.84 Å². The minimum Gasteiger partial charge on any atom is -0.349 e. The fourth-order valence-corrected chi connectivity index (χ4v) is 1.84. The molecule has 4 N–H and O–H groups in total. The molecule has 0 spiro atoms. The molecule has 1 aliphatic rings. The van der Waals surface area contributed by atoms with E-state index in [0.29, 0.717) is 30.1 Å². The zero-order valence-corrected chi connectivity index (χ0v) is 11.3. The maximum Gasteiger partial charge on any atom is 0.271 e. The van der Waals surface area contributed by atoms with Crippen LogP contribution in [-0.2, 0) is 0 Å². The lowest BCUT2D eigenvalue weighted by Crippen LogP contribution is -2.41. The van der Waals surface area contributed by atoms with Crippen molar-refractivity contribution in [2.75, 3.05) is 19.0 Å². The van der Waals surface area contributed by atoms with E-state index in [4.69, 9.17) is 5.84 Å². The molecule has 1 heterocycles. The number of hydrazine groups is 1. The minimum atomic E-state index is -0.216. The molecule has 1 amide bonds. The first-order valence-electron chi connectivity index (χ1n) is 6.40. The molecule has 7 heteroatoms. The lowest BCUT2D eigenvalue weighted by molar-refractivity contribution is 0.0934.